The van der Waals surface area contributed by atoms with Gasteiger partial charge >= 0.3 is 6.18 Å². The first-order valence-electron chi connectivity index (χ1n) is 8.17. The molecule has 1 amide bonds. The fourth-order valence-corrected chi connectivity index (χ4v) is 2.83. The lowest BCUT2D eigenvalue weighted by Gasteiger charge is -2.13. The van der Waals surface area contributed by atoms with Crippen molar-refractivity contribution in [1.82, 2.24) is 15.1 Å². The Morgan fingerprint density at radius 1 is 1.16 bits per heavy atom. The normalized spacial score (nSPS) is 14.9. The quantitative estimate of drug-likeness (QED) is 0.828. The number of halogens is 3. The Kier molecular flexibility index (Phi) is 5.06. The highest BCUT2D eigenvalue weighted by molar-refractivity contribution is 5.76. The topological polar surface area (TPSA) is 59.2 Å². The van der Waals surface area contributed by atoms with Gasteiger partial charge in [-0.3, -0.25) is 4.79 Å². The van der Waals surface area contributed by atoms with E-state index in [0.717, 1.165) is 38.1 Å². The molecule has 1 aliphatic heterocycles. The molecule has 2 heterocycles. The number of hydrogen-bond acceptors (Lipinski definition) is 4. The molecule has 0 spiro atoms. The van der Waals surface area contributed by atoms with E-state index in [0.29, 0.717) is 24.3 Å². The summed E-state index contributed by atoms with van der Waals surface area (Å²) in [4.78, 5) is 13.8. The van der Waals surface area contributed by atoms with Crippen LogP contribution in [0.4, 0.5) is 13.2 Å². The number of hydrogen-bond donors (Lipinski definition) is 0. The van der Waals surface area contributed by atoms with Crippen LogP contribution in [0.25, 0.3) is 0 Å². The number of aryl methyl sites for hydroxylation is 1. The molecule has 2 aromatic rings. The molecule has 5 nitrogen and oxygen atoms in total. The maximum absolute atomic E-state index is 12.7. The smallest absolute Gasteiger partial charge is 0.416 e. The summed E-state index contributed by atoms with van der Waals surface area (Å²) in [6, 6.07) is 5.02. The maximum atomic E-state index is 12.7. The summed E-state index contributed by atoms with van der Waals surface area (Å²) in [7, 11) is 0. The Morgan fingerprint density at radius 3 is 2.60 bits per heavy atom. The van der Waals surface area contributed by atoms with E-state index in [4.69, 9.17) is 4.42 Å². The van der Waals surface area contributed by atoms with E-state index in [1.54, 1.807) is 6.07 Å². The van der Waals surface area contributed by atoms with E-state index < -0.39 is 11.7 Å². The number of carbonyl (C=O) groups excluding carboxylic acids is 1. The van der Waals surface area contributed by atoms with Crippen molar-refractivity contribution in [3.8, 4) is 0 Å². The average molecular weight is 353 g/mol. The van der Waals surface area contributed by atoms with Gasteiger partial charge in [-0.2, -0.15) is 13.2 Å². The summed E-state index contributed by atoms with van der Waals surface area (Å²) in [6.45, 7) is 1.59. The van der Waals surface area contributed by atoms with Crippen LogP contribution in [0.3, 0.4) is 0 Å². The minimum absolute atomic E-state index is 0.0649. The van der Waals surface area contributed by atoms with Gasteiger partial charge < -0.3 is 9.32 Å². The fourth-order valence-electron chi connectivity index (χ4n) is 2.83. The van der Waals surface area contributed by atoms with Crippen molar-refractivity contribution in [2.45, 2.75) is 38.3 Å². The van der Waals surface area contributed by atoms with Gasteiger partial charge in [-0.15, -0.1) is 10.2 Å². The highest BCUT2D eigenvalue weighted by Crippen LogP contribution is 2.29. The first-order chi connectivity index (χ1) is 11.9. The molecule has 8 heteroatoms. The molecule has 1 aromatic carbocycles. The number of carbonyl (C=O) groups is 1. The Bertz CT molecular complexity index is 737. The zero-order valence-corrected chi connectivity index (χ0v) is 13.6. The molecule has 1 saturated heterocycles. The van der Waals surface area contributed by atoms with Crippen LogP contribution >= 0.6 is 0 Å². The number of likely N-dealkylation sites (tertiary alicyclic amines) is 1. The number of rotatable bonds is 5. The third kappa shape index (κ3) is 4.58. The summed E-state index contributed by atoms with van der Waals surface area (Å²) >= 11 is 0. The van der Waals surface area contributed by atoms with Gasteiger partial charge in [0.25, 0.3) is 0 Å². The molecule has 0 bridgehead atoms. The molecule has 0 N–H and O–H groups in total. The molecular formula is C17H18F3N3O2. The second-order valence-corrected chi connectivity index (χ2v) is 6.05. The van der Waals surface area contributed by atoms with Crippen LogP contribution in [0.15, 0.2) is 28.7 Å². The largest absolute Gasteiger partial charge is 0.425 e. The standard InChI is InChI=1S/C17H18F3N3O2/c18-17(19,20)13-5-3-4-12(10-13)11-15-22-21-14(25-15)6-7-16(24)23-8-1-2-9-23/h3-5,10H,1-2,6-9,11H2. The number of benzene rings is 1. The van der Waals surface area contributed by atoms with E-state index in [-0.39, 0.29) is 18.2 Å². The van der Waals surface area contributed by atoms with E-state index in [1.165, 1.54) is 6.07 Å². The predicted octanol–water partition coefficient (Wildman–Crippen LogP) is 3.23. The summed E-state index contributed by atoms with van der Waals surface area (Å²) in [5.74, 6) is 0.632. The van der Waals surface area contributed by atoms with E-state index >= 15 is 0 Å². The van der Waals surface area contributed by atoms with E-state index in [2.05, 4.69) is 10.2 Å². The lowest BCUT2D eigenvalue weighted by molar-refractivity contribution is -0.137. The number of amides is 1. The number of nitrogens with zero attached hydrogens (tertiary/aromatic N) is 3. The van der Waals surface area contributed by atoms with Gasteiger partial charge in [0.15, 0.2) is 0 Å². The first kappa shape index (κ1) is 17.4. The Morgan fingerprint density at radius 2 is 1.88 bits per heavy atom. The minimum atomic E-state index is -4.38. The fraction of sp³-hybridized carbons (Fsp3) is 0.471. The van der Waals surface area contributed by atoms with Gasteiger partial charge in [0.1, 0.15) is 0 Å². The van der Waals surface area contributed by atoms with Crippen LogP contribution in [-0.4, -0.2) is 34.1 Å². The molecule has 0 unspecified atom stereocenters. The molecule has 1 aliphatic rings. The van der Waals surface area contributed by atoms with Gasteiger partial charge in [-0.25, -0.2) is 0 Å². The highest BCUT2D eigenvalue weighted by atomic mass is 19.4. The summed E-state index contributed by atoms with van der Waals surface area (Å²) in [5, 5.41) is 7.73. The maximum Gasteiger partial charge on any atom is 0.416 e. The van der Waals surface area contributed by atoms with Crippen molar-refractivity contribution in [3.63, 3.8) is 0 Å². The second-order valence-electron chi connectivity index (χ2n) is 6.05. The molecule has 0 radical (unpaired) electrons. The third-order valence-electron chi connectivity index (χ3n) is 4.13. The summed E-state index contributed by atoms with van der Waals surface area (Å²) in [6.07, 6.45) is -1.56. The lowest BCUT2D eigenvalue weighted by atomic mass is 10.1. The summed E-state index contributed by atoms with van der Waals surface area (Å²) in [5.41, 5.74) is -0.265. The third-order valence-corrected chi connectivity index (χ3v) is 4.13. The Labute approximate surface area is 142 Å². The van der Waals surface area contributed by atoms with Crippen LogP contribution < -0.4 is 0 Å². The molecule has 1 aromatic heterocycles. The van der Waals surface area contributed by atoms with Crippen molar-refractivity contribution < 1.29 is 22.4 Å². The first-order valence-corrected chi connectivity index (χ1v) is 8.17. The van der Waals surface area contributed by atoms with Crippen molar-refractivity contribution in [2.24, 2.45) is 0 Å². The van der Waals surface area contributed by atoms with Gasteiger partial charge in [0.2, 0.25) is 17.7 Å². The molecule has 25 heavy (non-hydrogen) atoms. The van der Waals surface area contributed by atoms with Gasteiger partial charge in [-0.05, 0) is 24.5 Å². The average Bonchev–Trinajstić information content (AvgIpc) is 3.24. The van der Waals surface area contributed by atoms with Crippen molar-refractivity contribution >= 4 is 5.91 Å². The van der Waals surface area contributed by atoms with Crippen molar-refractivity contribution in [3.05, 3.63) is 47.2 Å². The number of alkyl halides is 3. The zero-order valence-electron chi connectivity index (χ0n) is 13.6. The van der Waals surface area contributed by atoms with Gasteiger partial charge in [-0.1, -0.05) is 18.2 Å². The zero-order chi connectivity index (χ0) is 17.9. The van der Waals surface area contributed by atoms with Crippen LogP contribution in [-0.2, 0) is 23.8 Å². The monoisotopic (exact) mass is 353 g/mol. The van der Waals surface area contributed by atoms with Gasteiger partial charge in [0, 0.05) is 25.9 Å². The van der Waals surface area contributed by atoms with Gasteiger partial charge in [0.05, 0.1) is 12.0 Å². The molecule has 1 fully saturated rings. The van der Waals surface area contributed by atoms with Crippen LogP contribution in [0, 0.1) is 0 Å². The van der Waals surface area contributed by atoms with E-state index in [9.17, 15) is 18.0 Å². The molecule has 0 atom stereocenters. The van der Waals surface area contributed by atoms with Crippen LogP contribution in [0.2, 0.25) is 0 Å². The molecular weight excluding hydrogens is 335 g/mol. The predicted molar refractivity (Wildman–Crippen MR) is 82.7 cm³/mol. The molecule has 3 rings (SSSR count). The minimum Gasteiger partial charge on any atom is -0.425 e. The number of aromatic nitrogens is 2. The highest BCUT2D eigenvalue weighted by Gasteiger charge is 2.30. The Balaban J connectivity index is 1.57. The molecule has 134 valence electrons. The molecule has 0 aliphatic carbocycles. The van der Waals surface area contributed by atoms with Crippen LogP contribution in [0.1, 0.15) is 42.2 Å². The van der Waals surface area contributed by atoms with Crippen molar-refractivity contribution in [1.29, 1.82) is 0 Å². The Hall–Kier alpha value is -2.38. The summed E-state index contributed by atoms with van der Waals surface area (Å²) < 4.78 is 43.6. The second kappa shape index (κ2) is 7.25. The van der Waals surface area contributed by atoms with E-state index in [1.807, 2.05) is 4.90 Å². The molecule has 0 saturated carbocycles. The van der Waals surface area contributed by atoms with Crippen LogP contribution in [0.5, 0.6) is 0 Å². The lowest BCUT2D eigenvalue weighted by Crippen LogP contribution is -2.27. The van der Waals surface area contributed by atoms with Crippen molar-refractivity contribution in [2.75, 3.05) is 13.1 Å². The SMILES string of the molecule is O=C(CCc1nnc(Cc2cccc(C(F)(F)F)c2)o1)N1CCCC1.